The first-order chi connectivity index (χ1) is 14.6. The number of hydrogen-bond acceptors (Lipinski definition) is 4. The van der Waals surface area contributed by atoms with Crippen molar-refractivity contribution < 1.29 is 14.3 Å². The second kappa shape index (κ2) is 7.73. The van der Waals surface area contributed by atoms with Gasteiger partial charge in [0.15, 0.2) is 0 Å². The highest BCUT2D eigenvalue weighted by atomic mass is 16.6. The quantitative estimate of drug-likeness (QED) is 0.787. The van der Waals surface area contributed by atoms with Crippen molar-refractivity contribution in [3.63, 3.8) is 0 Å². The third kappa shape index (κ3) is 3.95. The summed E-state index contributed by atoms with van der Waals surface area (Å²) in [5, 5.41) is 3.06. The molecule has 31 heavy (non-hydrogen) atoms. The predicted octanol–water partition coefficient (Wildman–Crippen LogP) is 3.87. The minimum Gasteiger partial charge on any atom is -0.444 e. The van der Waals surface area contributed by atoms with E-state index in [-0.39, 0.29) is 36.0 Å². The van der Waals surface area contributed by atoms with Crippen molar-refractivity contribution in [3.05, 3.63) is 34.7 Å². The normalized spacial score (nSPS) is 23.4. The summed E-state index contributed by atoms with van der Waals surface area (Å²) in [6, 6.07) is 6.90. The monoisotopic (exact) mass is 428 g/mol. The van der Waals surface area contributed by atoms with Crippen LogP contribution in [0, 0.1) is 0 Å². The first-order valence-corrected chi connectivity index (χ1v) is 11.1. The Bertz CT molecular complexity index is 1050. The number of aromatic nitrogens is 2. The van der Waals surface area contributed by atoms with Crippen LogP contribution in [0.2, 0.25) is 0 Å². The van der Waals surface area contributed by atoms with Crippen molar-refractivity contribution in [2.45, 2.75) is 90.1 Å². The van der Waals surface area contributed by atoms with Crippen molar-refractivity contribution >= 4 is 23.2 Å². The van der Waals surface area contributed by atoms with E-state index >= 15 is 0 Å². The van der Waals surface area contributed by atoms with Gasteiger partial charge in [-0.2, -0.15) is 0 Å². The van der Waals surface area contributed by atoms with Crippen LogP contribution in [0.3, 0.4) is 0 Å². The van der Waals surface area contributed by atoms with Gasteiger partial charge in [0, 0.05) is 24.2 Å². The fourth-order valence-electron chi connectivity index (χ4n) is 5.01. The Morgan fingerprint density at radius 3 is 2.19 bits per heavy atom. The molecule has 2 aliphatic rings. The number of carbonyl (C=O) groups is 2. The van der Waals surface area contributed by atoms with Crippen molar-refractivity contribution in [1.82, 2.24) is 19.4 Å². The molecule has 0 spiro atoms. The Balaban J connectivity index is 1.52. The van der Waals surface area contributed by atoms with Crippen molar-refractivity contribution in [1.29, 1.82) is 0 Å². The van der Waals surface area contributed by atoms with E-state index in [2.05, 4.69) is 5.32 Å². The highest BCUT2D eigenvalue weighted by molar-refractivity contribution is 5.89. The highest BCUT2D eigenvalue weighted by Gasteiger charge is 2.45. The third-order valence-electron chi connectivity index (χ3n) is 6.16. The fraction of sp³-hybridized carbons (Fsp3) is 0.609. The summed E-state index contributed by atoms with van der Waals surface area (Å²) in [6.07, 6.45) is 2.87. The highest BCUT2D eigenvalue weighted by Crippen LogP contribution is 2.37. The molecule has 2 fully saturated rings. The minimum absolute atomic E-state index is 0.0487. The number of nitrogens with one attached hydrogen (secondary N) is 1. The summed E-state index contributed by atoms with van der Waals surface area (Å²) in [4.78, 5) is 40.7. The van der Waals surface area contributed by atoms with Crippen LogP contribution >= 0.6 is 0 Å². The lowest BCUT2D eigenvalue weighted by Crippen LogP contribution is -2.54. The molecule has 3 atom stereocenters. The molecule has 8 heteroatoms. The predicted molar refractivity (Wildman–Crippen MR) is 118 cm³/mol. The van der Waals surface area contributed by atoms with Gasteiger partial charge in [-0.3, -0.25) is 4.57 Å². The number of rotatable bonds is 2. The van der Waals surface area contributed by atoms with Gasteiger partial charge in [-0.25, -0.2) is 19.0 Å². The van der Waals surface area contributed by atoms with Crippen molar-refractivity contribution in [2.24, 2.45) is 0 Å². The number of fused-ring (bicyclic) bond motifs is 3. The molecular formula is C23H32N4O4. The van der Waals surface area contributed by atoms with Gasteiger partial charge in [0.05, 0.1) is 11.0 Å². The van der Waals surface area contributed by atoms with Crippen molar-refractivity contribution in [3.8, 4) is 0 Å². The molecule has 2 bridgehead atoms. The molecule has 2 saturated heterocycles. The number of hydrogen-bond donors (Lipinski definition) is 1. The molecule has 2 aromatic rings. The zero-order valence-corrected chi connectivity index (χ0v) is 18.9. The standard InChI is InChI=1S/C23H32N4O4/c1-14(2)25-18-8-6-7-9-19(18)27(21(25)29)20(28)24-15-12-16-10-11-17(13-15)26(16)22(30)31-23(3,4)5/h6-9,14-17H,10-13H2,1-5H3,(H,24,28)/t15-,16+,17-. The number of nitrogens with zero attached hydrogens (tertiary/aromatic N) is 3. The molecule has 168 valence electrons. The van der Waals surface area contributed by atoms with E-state index in [0.717, 1.165) is 18.4 Å². The third-order valence-corrected chi connectivity index (χ3v) is 6.16. The molecule has 1 N–H and O–H groups in total. The van der Waals surface area contributed by atoms with Gasteiger partial charge in [-0.05, 0) is 72.4 Å². The molecule has 8 nitrogen and oxygen atoms in total. The topological polar surface area (TPSA) is 85.6 Å². The molecule has 0 saturated carbocycles. The summed E-state index contributed by atoms with van der Waals surface area (Å²) in [7, 11) is 0. The van der Waals surface area contributed by atoms with Gasteiger partial charge in [0.1, 0.15) is 5.60 Å². The second-order valence-corrected chi connectivity index (χ2v) is 9.96. The Kier molecular flexibility index (Phi) is 5.35. The lowest BCUT2D eigenvalue weighted by atomic mass is 9.98. The van der Waals surface area contributed by atoms with Crippen LogP contribution in [-0.4, -0.2) is 49.9 Å². The van der Waals surface area contributed by atoms with Crippen LogP contribution in [0.25, 0.3) is 11.0 Å². The maximum Gasteiger partial charge on any atom is 0.410 e. The van der Waals surface area contributed by atoms with Gasteiger partial charge in [-0.15, -0.1) is 0 Å². The summed E-state index contributed by atoms with van der Waals surface area (Å²) in [5.74, 6) is 0. The fourth-order valence-corrected chi connectivity index (χ4v) is 5.01. The Hall–Kier alpha value is -2.77. The zero-order chi connectivity index (χ0) is 22.5. The first-order valence-electron chi connectivity index (χ1n) is 11.1. The number of piperidine rings is 1. The van der Waals surface area contributed by atoms with E-state index in [4.69, 9.17) is 4.74 Å². The average Bonchev–Trinajstić information content (AvgIpc) is 3.10. The van der Waals surface area contributed by atoms with Crippen LogP contribution in [0.4, 0.5) is 9.59 Å². The number of benzene rings is 1. The molecular weight excluding hydrogens is 396 g/mol. The lowest BCUT2D eigenvalue weighted by molar-refractivity contribution is 0.00527. The van der Waals surface area contributed by atoms with E-state index < -0.39 is 11.6 Å². The zero-order valence-electron chi connectivity index (χ0n) is 18.9. The van der Waals surface area contributed by atoms with Crippen LogP contribution in [0.15, 0.2) is 29.1 Å². The summed E-state index contributed by atoms with van der Waals surface area (Å²) >= 11 is 0. The number of carbonyl (C=O) groups excluding carboxylic acids is 2. The largest absolute Gasteiger partial charge is 0.444 e. The smallest absolute Gasteiger partial charge is 0.410 e. The number of amides is 2. The van der Waals surface area contributed by atoms with E-state index in [1.165, 1.54) is 4.57 Å². The molecule has 2 aliphatic heterocycles. The Labute approximate surface area is 182 Å². The molecule has 4 rings (SSSR count). The Morgan fingerprint density at radius 1 is 1.06 bits per heavy atom. The molecule has 3 heterocycles. The Morgan fingerprint density at radius 2 is 1.65 bits per heavy atom. The van der Waals surface area contributed by atoms with E-state index in [1.54, 1.807) is 10.6 Å². The molecule has 1 aromatic heterocycles. The van der Waals surface area contributed by atoms with Gasteiger partial charge in [0.2, 0.25) is 0 Å². The van der Waals surface area contributed by atoms with Gasteiger partial charge in [-0.1, -0.05) is 12.1 Å². The van der Waals surface area contributed by atoms with Crippen molar-refractivity contribution in [2.75, 3.05) is 0 Å². The van der Waals surface area contributed by atoms with Gasteiger partial charge in [0.25, 0.3) is 0 Å². The van der Waals surface area contributed by atoms with Gasteiger partial charge >= 0.3 is 17.8 Å². The molecule has 2 amide bonds. The van der Waals surface area contributed by atoms with E-state index in [9.17, 15) is 14.4 Å². The maximum absolute atomic E-state index is 13.2. The maximum atomic E-state index is 13.2. The van der Waals surface area contributed by atoms with E-state index in [0.29, 0.717) is 18.4 Å². The second-order valence-electron chi connectivity index (χ2n) is 9.96. The summed E-state index contributed by atoms with van der Waals surface area (Å²) < 4.78 is 8.46. The van der Waals surface area contributed by atoms with Crippen LogP contribution in [0.1, 0.15) is 66.3 Å². The van der Waals surface area contributed by atoms with Gasteiger partial charge < -0.3 is 15.0 Å². The number of imidazole rings is 1. The summed E-state index contributed by atoms with van der Waals surface area (Å²) in [5.41, 5.74) is 0.487. The summed E-state index contributed by atoms with van der Waals surface area (Å²) in [6.45, 7) is 9.46. The molecule has 0 aliphatic carbocycles. The molecule has 0 radical (unpaired) electrons. The van der Waals surface area contributed by atoms with Crippen LogP contribution in [-0.2, 0) is 4.74 Å². The van der Waals surface area contributed by atoms with Crippen LogP contribution < -0.4 is 11.0 Å². The molecule has 0 unspecified atom stereocenters. The number of ether oxygens (including phenoxy) is 1. The van der Waals surface area contributed by atoms with E-state index in [1.807, 2.05) is 57.7 Å². The minimum atomic E-state index is -0.534. The lowest BCUT2D eigenvalue weighted by Gasteiger charge is -2.39. The number of para-hydroxylation sites is 2. The SMILES string of the molecule is CC(C)n1c(=O)n(C(=O)N[C@H]2C[C@H]3CC[C@@H](C2)N3C(=O)OC(C)(C)C)c2ccccc21. The molecule has 1 aromatic carbocycles. The first kappa shape index (κ1) is 21.5. The van der Waals surface area contributed by atoms with Crippen LogP contribution in [0.5, 0.6) is 0 Å². The average molecular weight is 429 g/mol.